The van der Waals surface area contributed by atoms with Gasteiger partial charge >= 0.3 is 0 Å². The summed E-state index contributed by atoms with van der Waals surface area (Å²) in [5.74, 6) is 0.125. The molecule has 0 unspecified atom stereocenters. The molecule has 2 aromatic rings. The van der Waals surface area contributed by atoms with Gasteiger partial charge in [-0.1, -0.05) is 30.1 Å². The average Bonchev–Trinajstić information content (AvgIpc) is 2.90. The molecule has 2 amide bonds. The van der Waals surface area contributed by atoms with Crippen molar-refractivity contribution >= 4 is 52.3 Å². The number of nitrogens with one attached hydrogen (secondary N) is 1. The monoisotopic (exact) mass is 534 g/mol. The van der Waals surface area contributed by atoms with Crippen molar-refractivity contribution in [3.63, 3.8) is 0 Å². The summed E-state index contributed by atoms with van der Waals surface area (Å²) in [6, 6.07) is 5.71. The average molecular weight is 535 g/mol. The van der Waals surface area contributed by atoms with Gasteiger partial charge in [0.1, 0.15) is 0 Å². The Morgan fingerprint density at radius 2 is 1.83 bits per heavy atom. The van der Waals surface area contributed by atoms with E-state index in [4.69, 9.17) is 34.7 Å². The van der Waals surface area contributed by atoms with Crippen molar-refractivity contribution in [2.75, 3.05) is 56.1 Å². The number of carbonyl (C=O) groups excluding carboxylic acids is 2. The van der Waals surface area contributed by atoms with Gasteiger partial charge in [-0.25, -0.2) is 9.97 Å². The summed E-state index contributed by atoms with van der Waals surface area (Å²) in [5.41, 5.74) is 12.9. The van der Waals surface area contributed by atoms with E-state index in [-0.39, 0.29) is 22.6 Å². The van der Waals surface area contributed by atoms with E-state index in [1.807, 2.05) is 4.90 Å². The normalized spacial score (nSPS) is 19.4. The van der Waals surface area contributed by atoms with Crippen LogP contribution >= 0.6 is 23.2 Å². The van der Waals surface area contributed by atoms with Crippen molar-refractivity contribution in [1.29, 1.82) is 0 Å². The Morgan fingerprint density at radius 3 is 2.47 bits per heavy atom. The lowest BCUT2D eigenvalue weighted by Gasteiger charge is -2.47. The van der Waals surface area contributed by atoms with Crippen molar-refractivity contribution in [3.05, 3.63) is 39.6 Å². The first-order valence-corrected chi connectivity index (χ1v) is 12.9. The highest BCUT2D eigenvalue weighted by Gasteiger charge is 2.35. The summed E-state index contributed by atoms with van der Waals surface area (Å²) in [4.78, 5) is 40.0. The molecular formula is C24H32Cl2N8O2. The molecule has 2 fully saturated rings. The molecule has 1 atom stereocenters. The van der Waals surface area contributed by atoms with Gasteiger partial charge in [0.15, 0.2) is 22.5 Å². The second kappa shape index (κ2) is 11.1. The standard InChI is InChI=1S/C24H32Cl2N8O2/c1-3-15-13-33(22-20(26)30-19(21(28)31-22)23(35)29-2)10-11-34(15)16-6-8-32(9-7-16)24(36)14-4-5-17(25)18(27)12-14/h4-5,12,15-16H,3,6-11,13,27H2,1-2H3,(H2,28,31)(H,29,35)/t15-/m0/s1. The number of nitrogens with two attached hydrogens (primary N) is 2. The Kier molecular flexibility index (Phi) is 8.07. The number of aromatic nitrogens is 2. The Morgan fingerprint density at radius 1 is 1.11 bits per heavy atom. The maximum absolute atomic E-state index is 13.0. The fourth-order valence-corrected chi connectivity index (χ4v) is 5.44. The second-order valence-corrected chi connectivity index (χ2v) is 9.92. The van der Waals surface area contributed by atoms with Gasteiger partial charge in [0.05, 0.1) is 10.7 Å². The fraction of sp³-hybridized carbons (Fsp3) is 0.500. The third-order valence-electron chi connectivity index (χ3n) is 7.07. The van der Waals surface area contributed by atoms with E-state index >= 15 is 0 Å². The number of piperidine rings is 1. The molecule has 5 N–H and O–H groups in total. The topological polar surface area (TPSA) is 134 Å². The minimum Gasteiger partial charge on any atom is -0.398 e. The molecule has 0 aliphatic carbocycles. The molecule has 2 saturated heterocycles. The van der Waals surface area contributed by atoms with Crippen molar-refractivity contribution in [1.82, 2.24) is 25.1 Å². The summed E-state index contributed by atoms with van der Waals surface area (Å²) in [6.07, 6.45) is 2.76. The molecule has 1 aromatic carbocycles. The first-order valence-electron chi connectivity index (χ1n) is 12.1. The van der Waals surface area contributed by atoms with Crippen molar-refractivity contribution in [2.24, 2.45) is 0 Å². The minimum absolute atomic E-state index is 0.0142. The van der Waals surface area contributed by atoms with E-state index in [0.29, 0.717) is 53.8 Å². The van der Waals surface area contributed by atoms with Gasteiger partial charge in [0.2, 0.25) is 0 Å². The number of nitrogen functional groups attached to an aromatic ring is 2. The number of nitrogens with zero attached hydrogens (tertiary/aromatic N) is 5. The van der Waals surface area contributed by atoms with Gasteiger partial charge in [-0.2, -0.15) is 0 Å². The van der Waals surface area contributed by atoms with Gasteiger partial charge < -0.3 is 26.6 Å². The van der Waals surface area contributed by atoms with Gasteiger partial charge in [-0.3, -0.25) is 14.5 Å². The molecule has 0 spiro atoms. The van der Waals surface area contributed by atoms with E-state index in [0.717, 1.165) is 32.4 Å². The number of rotatable bonds is 5. The van der Waals surface area contributed by atoms with Crippen LogP contribution in [0.3, 0.4) is 0 Å². The van der Waals surface area contributed by atoms with E-state index in [2.05, 4.69) is 32.0 Å². The van der Waals surface area contributed by atoms with Crippen LogP contribution in [0.2, 0.25) is 10.2 Å². The van der Waals surface area contributed by atoms with E-state index < -0.39 is 5.91 Å². The maximum atomic E-state index is 13.0. The first kappa shape index (κ1) is 26.2. The molecule has 0 saturated carbocycles. The van der Waals surface area contributed by atoms with Crippen LogP contribution in [0.1, 0.15) is 47.0 Å². The fourth-order valence-electron chi connectivity index (χ4n) is 5.07. The largest absolute Gasteiger partial charge is 0.398 e. The van der Waals surface area contributed by atoms with Gasteiger partial charge in [0, 0.05) is 57.4 Å². The molecule has 194 valence electrons. The first-order chi connectivity index (χ1) is 17.2. The summed E-state index contributed by atoms with van der Waals surface area (Å²) in [7, 11) is 1.50. The highest BCUT2D eigenvalue weighted by Crippen LogP contribution is 2.30. The molecule has 2 aliphatic rings. The molecule has 36 heavy (non-hydrogen) atoms. The van der Waals surface area contributed by atoms with Crippen molar-refractivity contribution in [2.45, 2.75) is 38.3 Å². The van der Waals surface area contributed by atoms with Crippen LogP contribution < -0.4 is 21.7 Å². The lowest BCUT2D eigenvalue weighted by Crippen LogP contribution is -2.58. The lowest BCUT2D eigenvalue weighted by atomic mass is 9.97. The molecule has 0 bridgehead atoms. The number of hydrogen-bond acceptors (Lipinski definition) is 8. The lowest BCUT2D eigenvalue weighted by molar-refractivity contribution is 0.0490. The van der Waals surface area contributed by atoms with E-state index in [9.17, 15) is 9.59 Å². The Bertz CT molecular complexity index is 1140. The zero-order chi connectivity index (χ0) is 26.0. The number of benzene rings is 1. The predicted octanol–water partition coefficient (Wildman–Crippen LogP) is 2.51. The summed E-state index contributed by atoms with van der Waals surface area (Å²) in [5, 5.41) is 3.11. The summed E-state index contributed by atoms with van der Waals surface area (Å²) >= 11 is 12.4. The molecule has 2 aliphatic heterocycles. The number of anilines is 3. The van der Waals surface area contributed by atoms with E-state index in [1.54, 1.807) is 18.2 Å². The molecule has 4 rings (SSSR count). The Labute approximate surface area is 220 Å². The third-order valence-corrected chi connectivity index (χ3v) is 7.67. The number of hydrogen-bond donors (Lipinski definition) is 3. The van der Waals surface area contributed by atoms with Gasteiger partial charge in [0.25, 0.3) is 11.8 Å². The molecule has 12 heteroatoms. The van der Waals surface area contributed by atoms with E-state index in [1.165, 1.54) is 7.05 Å². The van der Waals surface area contributed by atoms with Gasteiger partial charge in [-0.05, 0) is 37.5 Å². The number of likely N-dealkylation sites (tertiary alicyclic amines) is 1. The number of piperazine rings is 1. The van der Waals surface area contributed by atoms with Crippen LogP contribution in [0.4, 0.5) is 17.3 Å². The van der Waals surface area contributed by atoms with Crippen LogP contribution in [0, 0.1) is 0 Å². The third kappa shape index (κ3) is 5.30. The summed E-state index contributed by atoms with van der Waals surface area (Å²) in [6.45, 7) is 5.83. The van der Waals surface area contributed by atoms with Crippen LogP contribution in [-0.2, 0) is 0 Å². The van der Waals surface area contributed by atoms with Crippen molar-refractivity contribution in [3.8, 4) is 0 Å². The highest BCUT2D eigenvalue weighted by molar-refractivity contribution is 6.33. The zero-order valence-corrected chi connectivity index (χ0v) is 22.0. The highest BCUT2D eigenvalue weighted by atomic mass is 35.5. The van der Waals surface area contributed by atoms with Crippen LogP contribution in [0.5, 0.6) is 0 Å². The number of halogens is 2. The minimum atomic E-state index is -0.422. The van der Waals surface area contributed by atoms with Crippen LogP contribution in [0.25, 0.3) is 0 Å². The number of carbonyl (C=O) groups is 2. The Balaban J connectivity index is 1.39. The van der Waals surface area contributed by atoms with Gasteiger partial charge in [-0.15, -0.1) is 0 Å². The summed E-state index contributed by atoms with van der Waals surface area (Å²) < 4.78 is 0. The second-order valence-electron chi connectivity index (χ2n) is 9.16. The molecule has 1 aromatic heterocycles. The van der Waals surface area contributed by atoms with Crippen molar-refractivity contribution < 1.29 is 9.59 Å². The smallest absolute Gasteiger partial charge is 0.273 e. The quantitative estimate of drug-likeness (QED) is 0.498. The molecular weight excluding hydrogens is 503 g/mol. The SMILES string of the molecule is CC[C@H]1CN(c2nc(N)c(C(=O)NC)nc2Cl)CCN1C1CCN(C(=O)c2ccc(Cl)c(N)c2)CC1. The number of amides is 2. The van der Waals surface area contributed by atoms with Crippen LogP contribution in [-0.4, -0.2) is 83.4 Å². The zero-order valence-electron chi connectivity index (χ0n) is 20.5. The molecule has 10 nitrogen and oxygen atoms in total. The maximum Gasteiger partial charge on any atom is 0.273 e. The molecule has 0 radical (unpaired) electrons. The molecule has 3 heterocycles. The predicted molar refractivity (Wildman–Crippen MR) is 143 cm³/mol. The van der Waals surface area contributed by atoms with Crippen LogP contribution in [0.15, 0.2) is 18.2 Å². The Hall–Kier alpha value is -2.82.